The molecular weight excluding hydrogens is 430 g/mol. The van der Waals surface area contributed by atoms with Crippen LogP contribution in [0, 0.1) is 32.2 Å². The summed E-state index contributed by atoms with van der Waals surface area (Å²) in [4.78, 5) is 40.6. The van der Waals surface area contributed by atoms with E-state index in [1.165, 1.54) is 0 Å². The zero-order valence-electron chi connectivity index (χ0n) is 22.0. The van der Waals surface area contributed by atoms with Crippen molar-refractivity contribution in [2.75, 3.05) is 6.54 Å². The van der Waals surface area contributed by atoms with E-state index in [0.29, 0.717) is 18.5 Å². The van der Waals surface area contributed by atoms with E-state index in [1.54, 1.807) is 20.8 Å². The number of benzene rings is 1. The molecule has 0 heterocycles. The SMILES string of the molecule is C#CN(C(=O)C(CC(C)C)NC(=O)OC(C)(C)C)C(C(=O)NCCCC)c1cc(C)ccc1C. The molecule has 2 atom stereocenters. The van der Waals surface area contributed by atoms with Crippen molar-refractivity contribution in [1.82, 2.24) is 15.5 Å². The van der Waals surface area contributed by atoms with Crippen molar-refractivity contribution in [2.24, 2.45) is 5.92 Å². The van der Waals surface area contributed by atoms with E-state index in [-0.39, 0.29) is 11.8 Å². The molecule has 0 aliphatic carbocycles. The van der Waals surface area contributed by atoms with Crippen LogP contribution in [0.25, 0.3) is 0 Å². The van der Waals surface area contributed by atoms with Crippen LogP contribution in [0.1, 0.15) is 83.5 Å². The normalized spacial score (nSPS) is 12.9. The van der Waals surface area contributed by atoms with E-state index in [4.69, 9.17) is 11.2 Å². The molecule has 34 heavy (non-hydrogen) atoms. The third-order valence-electron chi connectivity index (χ3n) is 5.14. The van der Waals surface area contributed by atoms with E-state index in [0.717, 1.165) is 28.9 Å². The Hall–Kier alpha value is -3.01. The first kappa shape index (κ1) is 29.0. The third kappa shape index (κ3) is 9.09. The summed E-state index contributed by atoms with van der Waals surface area (Å²) in [6, 6.07) is 6.18. The highest BCUT2D eigenvalue weighted by Crippen LogP contribution is 2.27. The summed E-state index contributed by atoms with van der Waals surface area (Å²) in [5.41, 5.74) is 1.72. The minimum absolute atomic E-state index is 0.0843. The smallest absolute Gasteiger partial charge is 0.408 e. The van der Waals surface area contributed by atoms with Gasteiger partial charge in [0.1, 0.15) is 17.7 Å². The first-order valence-electron chi connectivity index (χ1n) is 11.9. The zero-order valence-corrected chi connectivity index (χ0v) is 22.0. The number of hydrogen-bond acceptors (Lipinski definition) is 4. The van der Waals surface area contributed by atoms with Gasteiger partial charge < -0.3 is 15.4 Å². The van der Waals surface area contributed by atoms with Gasteiger partial charge in [-0.25, -0.2) is 4.79 Å². The van der Waals surface area contributed by atoms with Crippen LogP contribution >= 0.6 is 0 Å². The van der Waals surface area contributed by atoms with Gasteiger partial charge in [-0.2, -0.15) is 0 Å². The molecule has 0 radical (unpaired) electrons. The molecule has 0 bridgehead atoms. The lowest BCUT2D eigenvalue weighted by Gasteiger charge is -2.31. The molecular formula is C27H41N3O4. The van der Waals surface area contributed by atoms with Crippen molar-refractivity contribution in [3.05, 3.63) is 34.9 Å². The largest absolute Gasteiger partial charge is 0.444 e. The topological polar surface area (TPSA) is 87.7 Å². The van der Waals surface area contributed by atoms with Gasteiger partial charge in [-0.1, -0.05) is 57.4 Å². The molecule has 0 saturated carbocycles. The summed E-state index contributed by atoms with van der Waals surface area (Å²) < 4.78 is 5.35. The maximum Gasteiger partial charge on any atom is 0.408 e. The Labute approximate surface area is 205 Å². The van der Waals surface area contributed by atoms with Crippen LogP contribution in [0.2, 0.25) is 0 Å². The molecule has 7 heteroatoms. The van der Waals surface area contributed by atoms with Crippen molar-refractivity contribution in [3.8, 4) is 12.5 Å². The van der Waals surface area contributed by atoms with Gasteiger partial charge in [-0.05, 0) is 64.5 Å². The summed E-state index contributed by atoms with van der Waals surface area (Å²) >= 11 is 0. The number of aryl methyl sites for hydroxylation is 2. The number of terminal acetylenes is 1. The Morgan fingerprint density at radius 1 is 1.18 bits per heavy atom. The predicted molar refractivity (Wildman–Crippen MR) is 135 cm³/mol. The maximum absolute atomic E-state index is 13.7. The maximum atomic E-state index is 13.7. The number of nitrogens with zero attached hydrogens (tertiary/aromatic N) is 1. The van der Waals surface area contributed by atoms with Crippen LogP contribution in [0.3, 0.4) is 0 Å². The summed E-state index contributed by atoms with van der Waals surface area (Å²) in [5.74, 6) is -0.798. The molecule has 0 aliphatic rings. The molecule has 1 rings (SSSR count). The van der Waals surface area contributed by atoms with Gasteiger partial charge in [0.25, 0.3) is 5.91 Å². The summed E-state index contributed by atoms with van der Waals surface area (Å²) in [6.45, 7) is 15.4. The van der Waals surface area contributed by atoms with E-state index < -0.39 is 29.7 Å². The fourth-order valence-electron chi connectivity index (χ4n) is 3.51. The molecule has 0 aliphatic heterocycles. The van der Waals surface area contributed by atoms with Crippen LogP contribution in [0.5, 0.6) is 0 Å². The van der Waals surface area contributed by atoms with Gasteiger partial charge in [0.15, 0.2) is 0 Å². The van der Waals surface area contributed by atoms with Gasteiger partial charge in [0, 0.05) is 12.6 Å². The molecule has 7 nitrogen and oxygen atoms in total. The lowest BCUT2D eigenvalue weighted by atomic mass is 9.95. The molecule has 1 aromatic rings. The van der Waals surface area contributed by atoms with Crippen molar-refractivity contribution >= 4 is 17.9 Å². The van der Waals surface area contributed by atoms with Crippen LogP contribution in [-0.2, 0) is 14.3 Å². The zero-order chi connectivity index (χ0) is 26.1. The fourth-order valence-corrected chi connectivity index (χ4v) is 3.51. The van der Waals surface area contributed by atoms with Crippen molar-refractivity contribution in [1.29, 1.82) is 0 Å². The predicted octanol–water partition coefficient (Wildman–Crippen LogP) is 4.62. The van der Waals surface area contributed by atoms with E-state index >= 15 is 0 Å². The van der Waals surface area contributed by atoms with E-state index in [9.17, 15) is 14.4 Å². The summed E-state index contributed by atoms with van der Waals surface area (Å²) in [7, 11) is 0. The highest BCUT2D eigenvalue weighted by Gasteiger charge is 2.36. The Balaban J connectivity index is 3.40. The highest BCUT2D eigenvalue weighted by molar-refractivity contribution is 5.93. The molecule has 1 aromatic carbocycles. The average molecular weight is 472 g/mol. The minimum Gasteiger partial charge on any atom is -0.444 e. The van der Waals surface area contributed by atoms with Crippen molar-refractivity contribution in [3.63, 3.8) is 0 Å². The van der Waals surface area contributed by atoms with Gasteiger partial charge in [-0.3, -0.25) is 14.5 Å². The lowest BCUT2D eigenvalue weighted by molar-refractivity contribution is -0.138. The Bertz CT molecular complexity index is 896. The number of rotatable bonds is 10. The quantitative estimate of drug-likeness (QED) is 0.296. The lowest BCUT2D eigenvalue weighted by Crippen LogP contribution is -2.52. The first-order valence-corrected chi connectivity index (χ1v) is 11.9. The van der Waals surface area contributed by atoms with Gasteiger partial charge >= 0.3 is 6.09 Å². The molecule has 2 N–H and O–H groups in total. The standard InChI is InChI=1S/C27H41N3O4/c1-10-12-15-28-24(31)23(21-17-19(5)13-14-20(21)6)30(11-2)25(32)22(16-18(3)4)29-26(33)34-27(7,8)9/h2,13-14,17-18,22-23H,10,12,15-16H2,1,3-9H3,(H,28,31)(H,29,33). The molecule has 0 fully saturated rings. The van der Waals surface area contributed by atoms with Crippen LogP contribution in [0.15, 0.2) is 18.2 Å². The Kier molecular flexibility index (Phi) is 11.1. The first-order chi connectivity index (χ1) is 15.8. The Morgan fingerprint density at radius 3 is 2.35 bits per heavy atom. The van der Waals surface area contributed by atoms with Crippen LogP contribution in [0.4, 0.5) is 4.79 Å². The summed E-state index contributed by atoms with van der Waals surface area (Å²) in [5, 5.41) is 5.57. The van der Waals surface area contributed by atoms with E-state index in [2.05, 4.69) is 16.7 Å². The Morgan fingerprint density at radius 2 is 1.82 bits per heavy atom. The average Bonchev–Trinajstić information content (AvgIpc) is 2.71. The van der Waals surface area contributed by atoms with Crippen LogP contribution in [-0.4, -0.2) is 41.0 Å². The molecule has 0 aromatic heterocycles. The number of carbonyl (C=O) groups excluding carboxylic acids is 3. The number of hydrogen-bond donors (Lipinski definition) is 2. The van der Waals surface area contributed by atoms with Gasteiger partial charge in [0.05, 0.1) is 0 Å². The number of unbranched alkanes of at least 4 members (excludes halogenated alkanes) is 1. The number of carbonyl (C=O) groups is 3. The highest BCUT2D eigenvalue weighted by atomic mass is 16.6. The number of nitrogens with one attached hydrogen (secondary N) is 2. The van der Waals surface area contributed by atoms with Crippen molar-refractivity contribution in [2.45, 2.75) is 92.3 Å². The second-order valence-electron chi connectivity index (χ2n) is 10.1. The molecule has 0 saturated heterocycles. The van der Waals surface area contributed by atoms with Gasteiger partial charge in [0.2, 0.25) is 5.91 Å². The second-order valence-corrected chi connectivity index (χ2v) is 10.1. The fraction of sp³-hybridized carbons (Fsp3) is 0.593. The van der Waals surface area contributed by atoms with Crippen LogP contribution < -0.4 is 10.6 Å². The van der Waals surface area contributed by atoms with Gasteiger partial charge in [-0.15, -0.1) is 0 Å². The van der Waals surface area contributed by atoms with Crippen molar-refractivity contribution < 1.29 is 19.1 Å². The van der Waals surface area contributed by atoms with E-state index in [1.807, 2.05) is 52.8 Å². The molecule has 3 amide bonds. The minimum atomic E-state index is -1.02. The number of alkyl carbamates (subject to hydrolysis) is 1. The number of ether oxygens (including phenoxy) is 1. The summed E-state index contributed by atoms with van der Waals surface area (Å²) in [6.07, 6.45) is 7.19. The second kappa shape index (κ2) is 13.0. The monoisotopic (exact) mass is 471 g/mol. The number of amides is 3. The molecule has 188 valence electrons. The molecule has 0 spiro atoms. The molecule has 2 unspecified atom stereocenters. The third-order valence-corrected chi connectivity index (χ3v) is 5.14.